The third-order valence-electron chi connectivity index (χ3n) is 2.53. The number of rotatable bonds is 3. The second-order valence-electron chi connectivity index (χ2n) is 3.46. The Kier molecular flexibility index (Phi) is 3.12. The molecule has 0 radical (unpaired) electrons. The quantitative estimate of drug-likeness (QED) is 0.866. The van der Waals surface area contributed by atoms with Gasteiger partial charge in [-0.1, -0.05) is 41.1 Å². The number of fused-ring (bicyclic) bond motifs is 1. The van der Waals surface area contributed by atoms with Crippen LogP contribution < -0.4 is 0 Å². The van der Waals surface area contributed by atoms with Crippen molar-refractivity contribution < 1.29 is 9.52 Å². The lowest BCUT2D eigenvalue weighted by atomic mass is 10.1. The minimum absolute atomic E-state index is 0.500. The van der Waals surface area contributed by atoms with Gasteiger partial charge in [-0.25, -0.2) is 0 Å². The smallest absolute Gasteiger partial charge is 0.137 e. The Balaban J connectivity index is 2.63. The summed E-state index contributed by atoms with van der Waals surface area (Å²) in [6.07, 6.45) is 0.309. The van der Waals surface area contributed by atoms with Gasteiger partial charge in [0.15, 0.2) is 0 Å². The number of hydrogen-bond acceptors (Lipinski definition) is 2. The number of aliphatic hydroxyl groups excluding tert-OH is 1. The third kappa shape index (κ3) is 1.82. The highest BCUT2D eigenvalue weighted by Gasteiger charge is 2.18. The Morgan fingerprint density at radius 2 is 2.13 bits per heavy atom. The number of halogens is 1. The van der Waals surface area contributed by atoms with Crippen molar-refractivity contribution in [2.45, 2.75) is 19.4 Å². The minimum atomic E-state index is -0.563. The number of alkyl halides is 1. The lowest BCUT2D eigenvalue weighted by Gasteiger charge is -2.04. The van der Waals surface area contributed by atoms with E-state index in [4.69, 9.17) is 4.42 Å². The van der Waals surface area contributed by atoms with Crippen LogP contribution in [0.1, 0.15) is 24.4 Å². The number of furan rings is 1. The van der Waals surface area contributed by atoms with Crippen molar-refractivity contribution in [2.24, 2.45) is 0 Å². The largest absolute Gasteiger partial charge is 0.458 e. The lowest BCUT2D eigenvalue weighted by Crippen LogP contribution is -1.99. The van der Waals surface area contributed by atoms with E-state index in [1.54, 1.807) is 0 Å². The van der Waals surface area contributed by atoms with Crippen LogP contribution in [0.4, 0.5) is 0 Å². The molecular formula is C12H13BrO2. The van der Waals surface area contributed by atoms with Gasteiger partial charge in [-0.15, -0.1) is 0 Å². The van der Waals surface area contributed by atoms with Crippen molar-refractivity contribution >= 4 is 26.9 Å². The van der Waals surface area contributed by atoms with Gasteiger partial charge >= 0.3 is 0 Å². The predicted octanol–water partition coefficient (Wildman–Crippen LogP) is 3.42. The molecule has 0 aliphatic heterocycles. The zero-order chi connectivity index (χ0) is 10.8. The lowest BCUT2D eigenvalue weighted by molar-refractivity contribution is 0.176. The van der Waals surface area contributed by atoms with E-state index in [1.165, 1.54) is 0 Å². The third-order valence-corrected chi connectivity index (χ3v) is 3.15. The summed E-state index contributed by atoms with van der Waals surface area (Å²) in [6.45, 7) is 2.07. The van der Waals surface area contributed by atoms with Gasteiger partial charge in [-0.3, -0.25) is 0 Å². The Morgan fingerprint density at radius 3 is 2.80 bits per heavy atom. The average Bonchev–Trinajstić information content (AvgIpc) is 2.66. The zero-order valence-electron chi connectivity index (χ0n) is 8.53. The second kappa shape index (κ2) is 4.37. The van der Waals surface area contributed by atoms with Crippen molar-refractivity contribution in [3.63, 3.8) is 0 Å². The first-order chi connectivity index (χ1) is 7.27. The molecule has 0 saturated carbocycles. The van der Waals surface area contributed by atoms with Gasteiger partial charge in [0.05, 0.1) is 0 Å². The maximum absolute atomic E-state index is 9.80. The fourth-order valence-corrected chi connectivity index (χ4v) is 2.12. The summed E-state index contributed by atoms with van der Waals surface area (Å²) in [7, 11) is 0. The number of benzene rings is 1. The van der Waals surface area contributed by atoms with E-state index in [2.05, 4.69) is 22.9 Å². The molecule has 1 heterocycles. The van der Waals surface area contributed by atoms with E-state index < -0.39 is 6.10 Å². The molecule has 80 valence electrons. The normalized spacial score (nSPS) is 13.3. The molecule has 1 unspecified atom stereocenters. The molecule has 2 nitrogen and oxygen atoms in total. The molecule has 0 fully saturated rings. The van der Waals surface area contributed by atoms with Gasteiger partial charge in [0.1, 0.15) is 17.4 Å². The van der Waals surface area contributed by atoms with Crippen molar-refractivity contribution in [1.29, 1.82) is 0 Å². The van der Waals surface area contributed by atoms with Crippen LogP contribution in [-0.2, 0) is 6.42 Å². The fraction of sp³-hybridized carbons (Fsp3) is 0.333. The molecule has 1 atom stereocenters. The molecular weight excluding hydrogens is 256 g/mol. The Labute approximate surface area is 97.0 Å². The van der Waals surface area contributed by atoms with Crippen molar-refractivity contribution in [2.75, 3.05) is 5.33 Å². The number of hydrogen-bond donors (Lipinski definition) is 1. The van der Waals surface area contributed by atoms with Crippen LogP contribution in [0.2, 0.25) is 0 Å². The highest BCUT2D eigenvalue weighted by Crippen LogP contribution is 2.31. The van der Waals surface area contributed by atoms with Crippen LogP contribution in [-0.4, -0.2) is 10.4 Å². The van der Waals surface area contributed by atoms with Crippen LogP contribution in [0.5, 0.6) is 0 Å². The summed E-state index contributed by atoms with van der Waals surface area (Å²) in [5.74, 6) is 0.690. The average molecular weight is 269 g/mol. The molecule has 1 N–H and O–H groups in total. The van der Waals surface area contributed by atoms with E-state index >= 15 is 0 Å². The maximum Gasteiger partial charge on any atom is 0.137 e. The van der Waals surface area contributed by atoms with E-state index in [1.807, 2.05) is 24.3 Å². The highest BCUT2D eigenvalue weighted by molar-refractivity contribution is 9.09. The summed E-state index contributed by atoms with van der Waals surface area (Å²) in [4.78, 5) is 0. The molecule has 0 spiro atoms. The maximum atomic E-state index is 9.80. The number of aryl methyl sites for hydroxylation is 1. The number of aliphatic hydroxyl groups is 1. The second-order valence-corrected chi connectivity index (χ2v) is 4.11. The van der Waals surface area contributed by atoms with E-state index in [9.17, 15) is 5.11 Å². The molecule has 3 heteroatoms. The van der Waals surface area contributed by atoms with Crippen LogP contribution >= 0.6 is 15.9 Å². The molecule has 0 saturated heterocycles. The molecule has 15 heavy (non-hydrogen) atoms. The van der Waals surface area contributed by atoms with E-state index in [0.29, 0.717) is 11.1 Å². The zero-order valence-corrected chi connectivity index (χ0v) is 10.1. The van der Waals surface area contributed by atoms with Crippen molar-refractivity contribution in [3.05, 3.63) is 35.6 Å². The fourth-order valence-electron chi connectivity index (χ4n) is 1.82. The van der Waals surface area contributed by atoms with Gasteiger partial charge in [-0.05, 0) is 12.5 Å². The molecule has 0 aliphatic carbocycles. The minimum Gasteiger partial charge on any atom is -0.458 e. The summed E-state index contributed by atoms with van der Waals surface area (Å²) in [5.41, 5.74) is 1.96. The molecule has 0 amide bonds. The van der Waals surface area contributed by atoms with Crippen molar-refractivity contribution in [3.8, 4) is 0 Å². The van der Waals surface area contributed by atoms with E-state index in [-0.39, 0.29) is 0 Å². The van der Waals surface area contributed by atoms with Crippen LogP contribution in [0, 0.1) is 0 Å². The Morgan fingerprint density at radius 1 is 1.40 bits per heavy atom. The summed E-state index contributed by atoms with van der Waals surface area (Å²) in [5, 5.41) is 11.4. The first kappa shape index (κ1) is 10.7. The molecule has 0 bridgehead atoms. The predicted molar refractivity (Wildman–Crippen MR) is 64.3 cm³/mol. The molecule has 2 aromatic rings. The highest BCUT2D eigenvalue weighted by atomic mass is 79.9. The Hall–Kier alpha value is -0.800. The van der Waals surface area contributed by atoms with E-state index in [0.717, 1.165) is 23.0 Å². The molecule has 2 rings (SSSR count). The van der Waals surface area contributed by atoms with Crippen LogP contribution in [0.15, 0.2) is 28.7 Å². The topological polar surface area (TPSA) is 33.4 Å². The summed E-state index contributed by atoms with van der Waals surface area (Å²) in [6, 6.07) is 7.89. The van der Waals surface area contributed by atoms with Crippen LogP contribution in [0.25, 0.3) is 11.0 Å². The van der Waals surface area contributed by atoms with Gasteiger partial charge in [-0.2, -0.15) is 0 Å². The van der Waals surface area contributed by atoms with Crippen LogP contribution in [0.3, 0.4) is 0 Å². The SMILES string of the molecule is CCc1c(C(O)CBr)oc2ccccc12. The monoisotopic (exact) mass is 268 g/mol. The molecule has 1 aromatic carbocycles. The first-order valence-electron chi connectivity index (χ1n) is 5.02. The van der Waals surface area contributed by atoms with Crippen molar-refractivity contribution in [1.82, 2.24) is 0 Å². The molecule has 1 aromatic heterocycles. The summed E-state index contributed by atoms with van der Waals surface area (Å²) < 4.78 is 5.66. The Bertz CT molecular complexity index is 462. The van der Waals surface area contributed by atoms with Gasteiger partial charge in [0, 0.05) is 16.3 Å². The van der Waals surface area contributed by atoms with Gasteiger partial charge < -0.3 is 9.52 Å². The number of para-hydroxylation sites is 1. The standard InChI is InChI=1S/C12H13BrO2/c1-2-8-9-5-3-4-6-11(9)15-12(8)10(14)7-13/h3-6,10,14H,2,7H2,1H3. The molecule has 0 aliphatic rings. The first-order valence-corrected chi connectivity index (χ1v) is 6.14. The van der Waals surface area contributed by atoms with Gasteiger partial charge in [0.25, 0.3) is 0 Å². The summed E-state index contributed by atoms with van der Waals surface area (Å²) >= 11 is 3.26. The van der Waals surface area contributed by atoms with Gasteiger partial charge in [0.2, 0.25) is 0 Å².